The number of benzene rings is 1. The van der Waals surface area contributed by atoms with Gasteiger partial charge in [-0.2, -0.15) is 0 Å². The standard InChI is InChI=1S/C23H28ClN5O3/c1-27-9-6-23(31,7-10-27)14-28-15-26-21-18(22(28)30)12-20(24)29(21)17-4-2-16(3-5-17)19-13-32-11-8-25-19/h2-5,12,15,19,25,31H,6-11,13-14H2,1H3. The Hall–Kier alpha value is -2.23. The second-order valence-electron chi connectivity index (χ2n) is 8.92. The van der Waals surface area contributed by atoms with Crippen LogP contribution in [0.4, 0.5) is 0 Å². The van der Waals surface area contributed by atoms with Crippen molar-refractivity contribution in [2.75, 3.05) is 39.9 Å². The Morgan fingerprint density at radius 3 is 2.72 bits per heavy atom. The molecule has 0 bridgehead atoms. The van der Waals surface area contributed by atoms with Crippen LogP contribution in [0.1, 0.15) is 24.4 Å². The number of morpholine rings is 1. The molecule has 0 spiro atoms. The third-order valence-corrected chi connectivity index (χ3v) is 6.88. The van der Waals surface area contributed by atoms with Gasteiger partial charge in [0, 0.05) is 25.3 Å². The number of nitrogens with zero attached hydrogens (tertiary/aromatic N) is 4. The number of ether oxygens (including phenoxy) is 1. The molecular formula is C23H28ClN5O3. The van der Waals surface area contributed by atoms with Crippen LogP contribution in [0.2, 0.25) is 5.15 Å². The normalized spacial score (nSPS) is 21.8. The lowest BCUT2D eigenvalue weighted by Gasteiger charge is -2.36. The molecule has 8 nitrogen and oxygen atoms in total. The number of halogens is 1. The Labute approximate surface area is 191 Å². The van der Waals surface area contributed by atoms with Crippen molar-refractivity contribution in [1.29, 1.82) is 0 Å². The molecule has 170 valence electrons. The summed E-state index contributed by atoms with van der Waals surface area (Å²) in [7, 11) is 2.04. The Bertz CT molecular complexity index is 1160. The van der Waals surface area contributed by atoms with Crippen molar-refractivity contribution >= 4 is 22.6 Å². The fourth-order valence-electron chi connectivity index (χ4n) is 4.59. The molecule has 2 aliphatic heterocycles. The number of hydrogen-bond acceptors (Lipinski definition) is 6. The van der Waals surface area contributed by atoms with E-state index < -0.39 is 5.60 Å². The van der Waals surface area contributed by atoms with Gasteiger partial charge in [-0.1, -0.05) is 23.7 Å². The fraction of sp³-hybridized carbons (Fsp3) is 0.478. The second-order valence-corrected chi connectivity index (χ2v) is 9.31. The van der Waals surface area contributed by atoms with Gasteiger partial charge in [-0.25, -0.2) is 4.98 Å². The van der Waals surface area contributed by atoms with Crippen molar-refractivity contribution in [2.45, 2.75) is 31.0 Å². The van der Waals surface area contributed by atoms with Gasteiger partial charge in [-0.05, 0) is 43.7 Å². The summed E-state index contributed by atoms with van der Waals surface area (Å²) in [5, 5.41) is 15.3. The minimum absolute atomic E-state index is 0.172. The van der Waals surface area contributed by atoms with Gasteiger partial charge in [0.15, 0.2) is 5.65 Å². The molecule has 9 heteroatoms. The average molecular weight is 458 g/mol. The molecule has 32 heavy (non-hydrogen) atoms. The molecule has 5 rings (SSSR count). The van der Waals surface area contributed by atoms with E-state index >= 15 is 0 Å². The highest BCUT2D eigenvalue weighted by atomic mass is 35.5. The van der Waals surface area contributed by atoms with Crippen LogP contribution in [0.3, 0.4) is 0 Å². The summed E-state index contributed by atoms with van der Waals surface area (Å²) >= 11 is 6.54. The predicted molar refractivity (Wildman–Crippen MR) is 124 cm³/mol. The minimum atomic E-state index is -0.898. The van der Waals surface area contributed by atoms with Crippen molar-refractivity contribution in [3.05, 3.63) is 57.7 Å². The molecule has 4 heterocycles. The zero-order valence-electron chi connectivity index (χ0n) is 18.1. The molecule has 0 aliphatic carbocycles. The van der Waals surface area contributed by atoms with Gasteiger partial charge in [0.2, 0.25) is 0 Å². The van der Waals surface area contributed by atoms with E-state index in [2.05, 4.69) is 15.2 Å². The summed E-state index contributed by atoms with van der Waals surface area (Å²) in [5.41, 5.74) is 1.40. The molecule has 2 aliphatic rings. The SMILES string of the molecule is CN1CCC(O)(Cn2cnc3c(cc(Cl)n3-c3ccc(C4COCCN4)cc3)c2=O)CC1. The van der Waals surface area contributed by atoms with E-state index in [-0.39, 0.29) is 18.1 Å². The number of piperidine rings is 1. The van der Waals surface area contributed by atoms with Crippen molar-refractivity contribution in [2.24, 2.45) is 0 Å². The molecule has 2 N–H and O–H groups in total. The number of hydrogen-bond donors (Lipinski definition) is 2. The molecule has 1 unspecified atom stereocenters. The van der Waals surface area contributed by atoms with E-state index in [0.29, 0.717) is 35.6 Å². The molecule has 1 aromatic carbocycles. The Morgan fingerprint density at radius 1 is 1.28 bits per heavy atom. The number of fused-ring (bicyclic) bond motifs is 1. The summed E-state index contributed by atoms with van der Waals surface area (Å²) in [6.45, 7) is 4.07. The topological polar surface area (TPSA) is 84.6 Å². The number of nitrogens with one attached hydrogen (secondary N) is 1. The summed E-state index contributed by atoms with van der Waals surface area (Å²) in [6, 6.07) is 9.87. The van der Waals surface area contributed by atoms with Crippen LogP contribution in [-0.4, -0.2) is 69.6 Å². The van der Waals surface area contributed by atoms with Crippen LogP contribution in [0.5, 0.6) is 0 Å². The van der Waals surface area contributed by atoms with Gasteiger partial charge in [-0.15, -0.1) is 0 Å². The Balaban J connectivity index is 1.44. The van der Waals surface area contributed by atoms with E-state index in [4.69, 9.17) is 16.3 Å². The van der Waals surface area contributed by atoms with Crippen LogP contribution < -0.4 is 10.9 Å². The maximum atomic E-state index is 13.2. The highest BCUT2D eigenvalue weighted by Crippen LogP contribution is 2.27. The first-order chi connectivity index (χ1) is 15.4. The van der Waals surface area contributed by atoms with Gasteiger partial charge in [0.05, 0.1) is 36.8 Å². The van der Waals surface area contributed by atoms with E-state index in [1.807, 2.05) is 31.3 Å². The lowest BCUT2D eigenvalue weighted by molar-refractivity contribution is -0.0298. The highest BCUT2D eigenvalue weighted by Gasteiger charge is 2.32. The van der Waals surface area contributed by atoms with Crippen LogP contribution in [0.25, 0.3) is 16.7 Å². The highest BCUT2D eigenvalue weighted by molar-refractivity contribution is 6.31. The molecular weight excluding hydrogens is 430 g/mol. The molecule has 0 amide bonds. The Morgan fingerprint density at radius 2 is 2.03 bits per heavy atom. The Kier molecular flexibility index (Phi) is 5.81. The molecule has 3 aromatic rings. The number of aliphatic hydroxyl groups is 1. The average Bonchev–Trinajstić information content (AvgIpc) is 3.15. The van der Waals surface area contributed by atoms with Crippen LogP contribution >= 0.6 is 11.6 Å². The van der Waals surface area contributed by atoms with E-state index in [9.17, 15) is 9.90 Å². The third kappa shape index (κ3) is 4.09. The maximum absolute atomic E-state index is 13.2. The van der Waals surface area contributed by atoms with E-state index in [1.54, 1.807) is 10.6 Å². The van der Waals surface area contributed by atoms with Crippen LogP contribution in [-0.2, 0) is 11.3 Å². The van der Waals surface area contributed by atoms with Gasteiger partial charge in [-0.3, -0.25) is 13.9 Å². The molecule has 2 saturated heterocycles. The van der Waals surface area contributed by atoms with Gasteiger partial charge in [0.1, 0.15) is 11.5 Å². The van der Waals surface area contributed by atoms with Crippen molar-refractivity contribution in [1.82, 2.24) is 24.3 Å². The smallest absolute Gasteiger partial charge is 0.262 e. The summed E-state index contributed by atoms with van der Waals surface area (Å²) < 4.78 is 8.84. The van der Waals surface area contributed by atoms with Crippen molar-refractivity contribution in [3.8, 4) is 5.69 Å². The van der Waals surface area contributed by atoms with Gasteiger partial charge >= 0.3 is 0 Å². The second kappa shape index (κ2) is 8.61. The lowest BCUT2D eigenvalue weighted by Crippen LogP contribution is -2.46. The fourth-order valence-corrected chi connectivity index (χ4v) is 4.88. The van der Waals surface area contributed by atoms with Gasteiger partial charge < -0.3 is 20.1 Å². The van der Waals surface area contributed by atoms with Crippen molar-refractivity contribution < 1.29 is 9.84 Å². The maximum Gasteiger partial charge on any atom is 0.262 e. The first-order valence-corrected chi connectivity index (χ1v) is 11.4. The van der Waals surface area contributed by atoms with Gasteiger partial charge in [0.25, 0.3) is 5.56 Å². The number of likely N-dealkylation sites (tertiary alicyclic amines) is 1. The van der Waals surface area contributed by atoms with Crippen LogP contribution in [0, 0.1) is 0 Å². The third-order valence-electron chi connectivity index (χ3n) is 6.60. The quantitative estimate of drug-likeness (QED) is 0.623. The van der Waals surface area contributed by atoms with E-state index in [0.717, 1.165) is 37.5 Å². The minimum Gasteiger partial charge on any atom is -0.388 e. The van der Waals surface area contributed by atoms with Crippen molar-refractivity contribution in [3.63, 3.8) is 0 Å². The first kappa shape index (κ1) is 21.6. The first-order valence-electron chi connectivity index (χ1n) is 11.0. The summed E-state index contributed by atoms with van der Waals surface area (Å²) in [5.74, 6) is 0. The summed E-state index contributed by atoms with van der Waals surface area (Å²) in [6.07, 6.45) is 2.78. The molecule has 1 atom stereocenters. The van der Waals surface area contributed by atoms with Crippen LogP contribution in [0.15, 0.2) is 41.5 Å². The summed E-state index contributed by atoms with van der Waals surface area (Å²) in [4.78, 5) is 19.9. The zero-order valence-corrected chi connectivity index (χ0v) is 18.9. The predicted octanol–water partition coefficient (Wildman–Crippen LogP) is 1.96. The molecule has 0 radical (unpaired) electrons. The molecule has 2 aromatic heterocycles. The van der Waals surface area contributed by atoms with E-state index in [1.165, 1.54) is 10.9 Å². The lowest BCUT2D eigenvalue weighted by atomic mass is 9.91. The molecule has 2 fully saturated rings. The monoisotopic (exact) mass is 457 g/mol. The number of aromatic nitrogens is 3. The largest absolute Gasteiger partial charge is 0.388 e. The zero-order chi connectivity index (χ0) is 22.3. The number of rotatable bonds is 4. The molecule has 0 saturated carbocycles.